The van der Waals surface area contributed by atoms with Gasteiger partial charge in [-0.3, -0.25) is 0 Å². The van der Waals surface area contributed by atoms with Crippen molar-refractivity contribution in [1.29, 1.82) is 0 Å². The highest BCUT2D eigenvalue weighted by Crippen LogP contribution is 2.48. The SMILES string of the molecule is Oc1ccc(O)c(-c2c(-c3ccc(-c4c5ccccc5cc5ccccc45)cc3)c3ccccc3c3ccccc23)c1. The summed E-state index contributed by atoms with van der Waals surface area (Å²) in [6.07, 6.45) is 0. The van der Waals surface area contributed by atoms with E-state index in [4.69, 9.17) is 0 Å². The largest absolute Gasteiger partial charge is 0.508 e. The van der Waals surface area contributed by atoms with Gasteiger partial charge in [-0.15, -0.1) is 0 Å². The van der Waals surface area contributed by atoms with Crippen LogP contribution < -0.4 is 0 Å². The fourth-order valence-electron chi connectivity index (χ4n) is 6.57. The lowest BCUT2D eigenvalue weighted by Gasteiger charge is -2.20. The number of rotatable bonds is 3. The Bertz CT molecular complexity index is 2260. The normalized spacial score (nSPS) is 11.5. The number of fused-ring (bicyclic) bond motifs is 5. The van der Waals surface area contributed by atoms with Gasteiger partial charge in [0.1, 0.15) is 11.5 Å². The third-order valence-electron chi connectivity index (χ3n) is 8.42. The minimum atomic E-state index is 0.115. The fraction of sp³-hybridized carbons (Fsp3) is 0. The smallest absolute Gasteiger partial charge is 0.123 e. The van der Waals surface area contributed by atoms with E-state index in [-0.39, 0.29) is 11.5 Å². The molecule has 0 atom stereocenters. The van der Waals surface area contributed by atoms with Crippen molar-refractivity contribution in [3.8, 4) is 44.9 Å². The number of hydrogen-bond donors (Lipinski definition) is 2. The van der Waals surface area contributed by atoms with Gasteiger partial charge in [-0.2, -0.15) is 0 Å². The Labute approximate surface area is 243 Å². The minimum absolute atomic E-state index is 0.115. The molecule has 0 radical (unpaired) electrons. The average molecular weight is 539 g/mol. The predicted molar refractivity (Wildman–Crippen MR) is 176 cm³/mol. The molecule has 0 spiro atoms. The summed E-state index contributed by atoms with van der Waals surface area (Å²) < 4.78 is 0. The van der Waals surface area contributed by atoms with Crippen molar-refractivity contribution >= 4 is 43.1 Å². The van der Waals surface area contributed by atoms with Gasteiger partial charge in [0.15, 0.2) is 0 Å². The van der Waals surface area contributed by atoms with Crippen LogP contribution in [0.25, 0.3) is 76.5 Å². The maximum atomic E-state index is 11.1. The molecule has 8 rings (SSSR count). The standard InChI is InChI=1S/C40H26O2/c41-29-21-22-37(42)36(24-29)40-35-16-8-6-14-33(35)32-13-5-7-15-34(32)39(40)26-19-17-25(18-20-26)38-30-11-3-1-9-27(30)23-28-10-2-4-12-31(28)38/h1-24,41-42H. The molecule has 0 bridgehead atoms. The molecule has 2 N–H and O–H groups in total. The van der Waals surface area contributed by atoms with E-state index in [1.165, 1.54) is 33.2 Å². The molecule has 0 amide bonds. The summed E-state index contributed by atoms with van der Waals surface area (Å²) in [6.45, 7) is 0. The summed E-state index contributed by atoms with van der Waals surface area (Å²) in [5.41, 5.74) is 5.96. The first-order valence-corrected chi connectivity index (χ1v) is 14.1. The van der Waals surface area contributed by atoms with Gasteiger partial charge in [0.2, 0.25) is 0 Å². The maximum Gasteiger partial charge on any atom is 0.123 e. The maximum absolute atomic E-state index is 11.1. The molecular formula is C40H26O2. The Morgan fingerprint density at radius 2 is 0.786 bits per heavy atom. The van der Waals surface area contributed by atoms with Gasteiger partial charge in [0.05, 0.1) is 0 Å². The second-order valence-corrected chi connectivity index (χ2v) is 10.8. The van der Waals surface area contributed by atoms with Gasteiger partial charge < -0.3 is 10.2 Å². The Balaban J connectivity index is 1.43. The van der Waals surface area contributed by atoms with E-state index in [9.17, 15) is 10.2 Å². The highest BCUT2D eigenvalue weighted by Gasteiger charge is 2.20. The zero-order valence-electron chi connectivity index (χ0n) is 22.8. The molecule has 8 aromatic carbocycles. The van der Waals surface area contributed by atoms with Crippen LogP contribution in [0.1, 0.15) is 0 Å². The summed E-state index contributed by atoms with van der Waals surface area (Å²) >= 11 is 0. The van der Waals surface area contributed by atoms with Crippen molar-refractivity contribution < 1.29 is 10.2 Å². The van der Waals surface area contributed by atoms with E-state index in [0.717, 1.165) is 43.8 Å². The third-order valence-corrected chi connectivity index (χ3v) is 8.42. The molecule has 198 valence electrons. The predicted octanol–water partition coefficient (Wildman–Crippen LogP) is 10.7. The number of aromatic hydroxyl groups is 2. The molecule has 2 nitrogen and oxygen atoms in total. The molecule has 0 aromatic heterocycles. The van der Waals surface area contributed by atoms with Crippen molar-refractivity contribution in [1.82, 2.24) is 0 Å². The zero-order chi connectivity index (χ0) is 28.2. The number of benzene rings is 8. The highest BCUT2D eigenvalue weighted by atomic mass is 16.3. The van der Waals surface area contributed by atoms with Gasteiger partial charge >= 0.3 is 0 Å². The summed E-state index contributed by atoms with van der Waals surface area (Å²) in [5.74, 6) is 0.248. The summed E-state index contributed by atoms with van der Waals surface area (Å²) in [7, 11) is 0. The average Bonchev–Trinajstić information content (AvgIpc) is 3.04. The van der Waals surface area contributed by atoms with Crippen LogP contribution in [0.2, 0.25) is 0 Å². The lowest BCUT2D eigenvalue weighted by atomic mass is 9.84. The molecule has 0 unspecified atom stereocenters. The second-order valence-electron chi connectivity index (χ2n) is 10.8. The van der Waals surface area contributed by atoms with Crippen LogP contribution in [-0.4, -0.2) is 10.2 Å². The van der Waals surface area contributed by atoms with E-state index < -0.39 is 0 Å². The first kappa shape index (κ1) is 24.2. The third kappa shape index (κ3) is 3.73. The lowest BCUT2D eigenvalue weighted by molar-refractivity contribution is 0.462. The van der Waals surface area contributed by atoms with Crippen LogP contribution in [0.5, 0.6) is 11.5 Å². The highest BCUT2D eigenvalue weighted by molar-refractivity contribution is 6.22. The molecule has 0 aliphatic carbocycles. The number of phenols is 2. The van der Waals surface area contributed by atoms with Gasteiger partial charge in [-0.1, -0.05) is 121 Å². The Hall–Kier alpha value is -5.60. The van der Waals surface area contributed by atoms with Gasteiger partial charge in [0.25, 0.3) is 0 Å². The zero-order valence-corrected chi connectivity index (χ0v) is 22.8. The van der Waals surface area contributed by atoms with E-state index in [0.29, 0.717) is 5.56 Å². The summed E-state index contributed by atoms with van der Waals surface area (Å²) in [4.78, 5) is 0. The summed E-state index contributed by atoms with van der Waals surface area (Å²) in [5, 5.41) is 30.8. The Kier molecular flexibility index (Phi) is 5.48. The van der Waals surface area contributed by atoms with Crippen LogP contribution in [0.3, 0.4) is 0 Å². The van der Waals surface area contributed by atoms with Gasteiger partial charge in [0, 0.05) is 11.1 Å². The topological polar surface area (TPSA) is 40.5 Å². The van der Waals surface area contributed by atoms with E-state index in [2.05, 4.69) is 115 Å². The second kappa shape index (κ2) is 9.50. The number of hydrogen-bond acceptors (Lipinski definition) is 2. The van der Waals surface area contributed by atoms with Crippen LogP contribution in [0.4, 0.5) is 0 Å². The lowest BCUT2D eigenvalue weighted by Crippen LogP contribution is -1.92. The van der Waals surface area contributed by atoms with Crippen LogP contribution in [-0.2, 0) is 0 Å². The van der Waals surface area contributed by atoms with Crippen molar-refractivity contribution in [2.45, 2.75) is 0 Å². The van der Waals surface area contributed by atoms with Crippen LogP contribution in [0.15, 0.2) is 146 Å². The van der Waals surface area contributed by atoms with Crippen molar-refractivity contribution in [3.05, 3.63) is 146 Å². The molecule has 0 fully saturated rings. The van der Waals surface area contributed by atoms with Crippen molar-refractivity contribution in [2.75, 3.05) is 0 Å². The molecule has 0 saturated carbocycles. The quantitative estimate of drug-likeness (QED) is 0.133. The van der Waals surface area contributed by atoms with E-state index in [1.807, 2.05) is 12.1 Å². The molecular weight excluding hydrogens is 512 g/mol. The Morgan fingerprint density at radius 3 is 1.36 bits per heavy atom. The fourth-order valence-corrected chi connectivity index (χ4v) is 6.57. The summed E-state index contributed by atoms with van der Waals surface area (Å²) in [6, 6.07) is 49.6. The number of phenolic OH excluding ortho intramolecular Hbond substituents is 2. The van der Waals surface area contributed by atoms with Gasteiger partial charge in [-0.05, 0) is 89.6 Å². The van der Waals surface area contributed by atoms with Gasteiger partial charge in [-0.25, -0.2) is 0 Å². The molecule has 0 aliphatic rings. The molecule has 0 heterocycles. The van der Waals surface area contributed by atoms with Crippen molar-refractivity contribution in [2.24, 2.45) is 0 Å². The van der Waals surface area contributed by atoms with Crippen molar-refractivity contribution in [3.63, 3.8) is 0 Å². The molecule has 8 aromatic rings. The monoisotopic (exact) mass is 538 g/mol. The molecule has 42 heavy (non-hydrogen) atoms. The van der Waals surface area contributed by atoms with Crippen LogP contribution in [0, 0.1) is 0 Å². The molecule has 0 saturated heterocycles. The molecule has 0 aliphatic heterocycles. The first-order chi connectivity index (χ1) is 20.7. The van der Waals surface area contributed by atoms with E-state index >= 15 is 0 Å². The molecule has 2 heteroatoms. The van der Waals surface area contributed by atoms with Crippen LogP contribution >= 0.6 is 0 Å². The van der Waals surface area contributed by atoms with E-state index in [1.54, 1.807) is 12.1 Å². The first-order valence-electron chi connectivity index (χ1n) is 14.1. The Morgan fingerprint density at radius 1 is 0.333 bits per heavy atom. The minimum Gasteiger partial charge on any atom is -0.508 e.